The first-order valence-electron chi connectivity index (χ1n) is 21.9. The minimum Gasteiger partial charge on any atom is -0.508 e. The third-order valence-corrected chi connectivity index (χ3v) is 15.9. The predicted octanol–water partition coefficient (Wildman–Crippen LogP) is 8.24. The van der Waals surface area contributed by atoms with Gasteiger partial charge in [0.2, 0.25) is 5.91 Å². The standard InChI is InChI=1S/C46H77NO12Si/c1-11-12-13-17-20-27-45(56-31-32-57-45)28-21-18-15-14-16-19-22-37(46(53,42(52)59-43(2,3)4)29-30-58-60(9,10)44(5,6)7)40(50)47-38(41(51)55-34-39(49)54-8)33-35-23-25-36(48)26-24-35/h19,22-26,37-38,48,53H,11-18,20-21,27-34H2,1-10H3,(H,47,50)/b22-19+/t37-,38+,46+/m1/s1. The Labute approximate surface area is 360 Å². The van der Waals surface area contributed by atoms with Gasteiger partial charge in [0.25, 0.3) is 0 Å². The number of phenols is 1. The number of unbranched alkanes of at least 4 members (excludes halogenated alkanes) is 8. The van der Waals surface area contributed by atoms with Gasteiger partial charge < -0.3 is 43.6 Å². The highest BCUT2D eigenvalue weighted by molar-refractivity contribution is 6.74. The molecule has 0 unspecified atom stereocenters. The molecule has 1 saturated heterocycles. The van der Waals surface area contributed by atoms with Crippen molar-refractivity contribution in [3.63, 3.8) is 0 Å². The molecule has 3 atom stereocenters. The molecule has 1 aromatic rings. The highest BCUT2D eigenvalue weighted by Crippen LogP contribution is 2.38. The first-order chi connectivity index (χ1) is 28.1. The van der Waals surface area contributed by atoms with E-state index >= 15 is 0 Å². The van der Waals surface area contributed by atoms with E-state index in [1.807, 2.05) is 0 Å². The van der Waals surface area contributed by atoms with Crippen molar-refractivity contribution in [2.75, 3.05) is 33.5 Å². The minimum atomic E-state index is -2.40. The maximum absolute atomic E-state index is 14.5. The first kappa shape index (κ1) is 52.8. The van der Waals surface area contributed by atoms with Gasteiger partial charge in [-0.1, -0.05) is 90.5 Å². The number of methoxy groups -OCH3 is 1. The van der Waals surface area contributed by atoms with Crippen LogP contribution in [0, 0.1) is 5.92 Å². The molecule has 0 bridgehead atoms. The van der Waals surface area contributed by atoms with Gasteiger partial charge in [0.05, 0.1) is 26.2 Å². The predicted molar refractivity (Wildman–Crippen MR) is 234 cm³/mol. The summed E-state index contributed by atoms with van der Waals surface area (Å²) in [6.07, 6.45) is 14.8. The van der Waals surface area contributed by atoms with Gasteiger partial charge in [0.15, 0.2) is 26.3 Å². The number of aromatic hydroxyl groups is 1. The number of allylic oxidation sites excluding steroid dienone is 1. The van der Waals surface area contributed by atoms with Crippen LogP contribution in [0.5, 0.6) is 5.75 Å². The molecule has 13 nitrogen and oxygen atoms in total. The summed E-state index contributed by atoms with van der Waals surface area (Å²) in [7, 11) is -1.19. The van der Waals surface area contributed by atoms with Crippen LogP contribution in [-0.2, 0) is 53.7 Å². The van der Waals surface area contributed by atoms with E-state index in [2.05, 4.69) is 50.8 Å². The maximum Gasteiger partial charge on any atom is 0.344 e. The van der Waals surface area contributed by atoms with Crippen molar-refractivity contribution in [2.45, 2.75) is 180 Å². The average molecular weight is 864 g/mol. The number of carbonyl (C=O) groups excluding carboxylic acids is 4. The largest absolute Gasteiger partial charge is 0.508 e. The molecule has 0 aromatic heterocycles. The van der Waals surface area contributed by atoms with Crippen LogP contribution in [0.1, 0.15) is 138 Å². The molecule has 0 spiro atoms. The maximum atomic E-state index is 14.5. The molecule has 3 N–H and O–H groups in total. The van der Waals surface area contributed by atoms with E-state index in [-0.39, 0.29) is 30.2 Å². The Kier molecular flexibility index (Phi) is 22.0. The Morgan fingerprint density at radius 2 is 1.48 bits per heavy atom. The van der Waals surface area contributed by atoms with E-state index in [1.165, 1.54) is 43.9 Å². The van der Waals surface area contributed by atoms with Gasteiger partial charge in [0.1, 0.15) is 17.4 Å². The fraction of sp³-hybridized carbons (Fsp3) is 0.739. The van der Waals surface area contributed by atoms with E-state index in [0.717, 1.165) is 52.1 Å². The summed E-state index contributed by atoms with van der Waals surface area (Å²) in [6.45, 7) is 18.1. The molecule has 1 fully saturated rings. The summed E-state index contributed by atoms with van der Waals surface area (Å²) in [5.74, 6) is -5.55. The van der Waals surface area contributed by atoms with Crippen molar-refractivity contribution in [3.05, 3.63) is 42.0 Å². The topological polar surface area (TPSA) is 176 Å². The van der Waals surface area contributed by atoms with E-state index in [9.17, 15) is 29.4 Å². The fourth-order valence-electron chi connectivity index (χ4n) is 6.66. The third-order valence-electron chi connectivity index (χ3n) is 11.3. The summed E-state index contributed by atoms with van der Waals surface area (Å²) in [5, 5.41) is 24.8. The second-order valence-corrected chi connectivity index (χ2v) is 23.3. The lowest BCUT2D eigenvalue weighted by Gasteiger charge is -2.38. The molecule has 1 heterocycles. The number of esters is 3. The van der Waals surface area contributed by atoms with Gasteiger partial charge >= 0.3 is 17.9 Å². The second kappa shape index (κ2) is 25.0. The quantitative estimate of drug-likeness (QED) is 0.0254. The molecule has 0 radical (unpaired) electrons. The summed E-state index contributed by atoms with van der Waals surface area (Å²) in [5.41, 5.74) is -2.84. The van der Waals surface area contributed by atoms with Crippen LogP contribution in [0.2, 0.25) is 18.1 Å². The zero-order valence-corrected chi connectivity index (χ0v) is 39.3. The summed E-state index contributed by atoms with van der Waals surface area (Å²) in [4.78, 5) is 53.8. The van der Waals surface area contributed by atoms with Gasteiger partial charge in [0, 0.05) is 32.3 Å². The molecule has 1 amide bonds. The molecular formula is C46H77NO12Si. The van der Waals surface area contributed by atoms with Gasteiger partial charge in [-0.05, 0) is 82.3 Å². The first-order valence-corrected chi connectivity index (χ1v) is 24.8. The normalized spacial score (nSPS) is 16.5. The molecule has 1 aliphatic rings. The van der Waals surface area contributed by atoms with Crippen LogP contribution in [0.25, 0.3) is 0 Å². The molecule has 342 valence electrons. The van der Waals surface area contributed by atoms with Crippen LogP contribution in [0.15, 0.2) is 36.4 Å². The third kappa shape index (κ3) is 18.4. The number of hydrogen-bond donors (Lipinski definition) is 3. The highest BCUT2D eigenvalue weighted by atomic mass is 28.4. The number of amides is 1. The van der Waals surface area contributed by atoms with Gasteiger partial charge in [-0.2, -0.15) is 0 Å². The Hall–Kier alpha value is -3.30. The Balaban J connectivity index is 2.36. The Morgan fingerprint density at radius 1 is 0.900 bits per heavy atom. The van der Waals surface area contributed by atoms with Crippen molar-refractivity contribution in [2.24, 2.45) is 5.92 Å². The van der Waals surface area contributed by atoms with Crippen LogP contribution in [0.4, 0.5) is 0 Å². The minimum absolute atomic E-state index is 0.00841. The van der Waals surface area contributed by atoms with Gasteiger partial charge in [-0.15, -0.1) is 0 Å². The van der Waals surface area contributed by atoms with Crippen molar-refractivity contribution in [3.8, 4) is 5.75 Å². The van der Waals surface area contributed by atoms with E-state index in [0.29, 0.717) is 25.2 Å². The van der Waals surface area contributed by atoms with Crippen LogP contribution < -0.4 is 5.32 Å². The molecular weight excluding hydrogens is 787 g/mol. The number of hydrogen-bond acceptors (Lipinski definition) is 12. The van der Waals surface area contributed by atoms with Gasteiger partial charge in [-0.3, -0.25) is 4.79 Å². The van der Waals surface area contributed by atoms with Crippen molar-refractivity contribution < 1.29 is 57.5 Å². The molecule has 60 heavy (non-hydrogen) atoms. The number of phenolic OH excluding ortho intramolecular Hbond substituents is 1. The van der Waals surface area contributed by atoms with Crippen molar-refractivity contribution >= 4 is 32.1 Å². The summed E-state index contributed by atoms with van der Waals surface area (Å²) >= 11 is 0. The van der Waals surface area contributed by atoms with Crippen LogP contribution in [0.3, 0.4) is 0 Å². The lowest BCUT2D eigenvalue weighted by Crippen LogP contribution is -2.57. The Bertz CT molecular complexity index is 1490. The second-order valence-electron chi connectivity index (χ2n) is 18.5. The zero-order valence-electron chi connectivity index (χ0n) is 38.3. The molecule has 0 aliphatic carbocycles. The molecule has 1 aliphatic heterocycles. The fourth-order valence-corrected chi connectivity index (χ4v) is 7.70. The number of benzene rings is 1. The summed E-state index contributed by atoms with van der Waals surface area (Å²) in [6, 6.07) is 4.69. The van der Waals surface area contributed by atoms with Crippen molar-refractivity contribution in [1.29, 1.82) is 0 Å². The number of rotatable bonds is 27. The average Bonchev–Trinajstić information content (AvgIpc) is 3.63. The Morgan fingerprint density at radius 3 is 2.03 bits per heavy atom. The van der Waals surface area contributed by atoms with Gasteiger partial charge in [-0.25, -0.2) is 14.4 Å². The number of aliphatic hydroxyl groups is 1. The molecule has 2 rings (SSSR count). The smallest absolute Gasteiger partial charge is 0.344 e. The lowest BCUT2D eigenvalue weighted by molar-refractivity contribution is -0.185. The number of nitrogens with one attached hydrogen (secondary N) is 1. The monoisotopic (exact) mass is 864 g/mol. The van der Waals surface area contributed by atoms with E-state index < -0.39 is 67.7 Å². The van der Waals surface area contributed by atoms with Crippen LogP contribution >= 0.6 is 0 Å². The number of ether oxygens (including phenoxy) is 5. The number of carbonyl (C=O) groups is 4. The van der Waals surface area contributed by atoms with Crippen molar-refractivity contribution in [1.82, 2.24) is 5.32 Å². The summed E-state index contributed by atoms with van der Waals surface area (Å²) < 4.78 is 34.2. The molecule has 1 aromatic carbocycles. The van der Waals surface area contributed by atoms with E-state index in [4.69, 9.17) is 23.4 Å². The molecule has 0 saturated carbocycles. The van der Waals surface area contributed by atoms with E-state index in [1.54, 1.807) is 39.0 Å². The zero-order chi connectivity index (χ0) is 45.0. The lowest BCUT2D eigenvalue weighted by atomic mass is 9.82. The highest BCUT2D eigenvalue weighted by Gasteiger charge is 2.50. The molecule has 14 heteroatoms. The van der Waals surface area contributed by atoms with Crippen LogP contribution in [-0.4, -0.2) is 98.9 Å². The SMILES string of the molecule is CCCCCCCC1(CCCCCC/C=C/[C@H](C(=O)N[C@@H](Cc2ccc(O)cc2)C(=O)OCC(=O)OC)[C@@](O)(CCO[Si](C)(C)C(C)(C)C)C(=O)OC(C)(C)C)OCCO1.